The van der Waals surface area contributed by atoms with Gasteiger partial charge in [-0.1, -0.05) is 37.3 Å². The summed E-state index contributed by atoms with van der Waals surface area (Å²) in [6.45, 7) is 2.13. The molecule has 0 aliphatic rings. The van der Waals surface area contributed by atoms with Crippen LogP contribution in [0.3, 0.4) is 0 Å². The summed E-state index contributed by atoms with van der Waals surface area (Å²) >= 11 is 1.72. The number of rotatable bonds is 3. The van der Waals surface area contributed by atoms with Crippen LogP contribution in [-0.2, 0) is 0 Å². The van der Waals surface area contributed by atoms with E-state index in [9.17, 15) is 0 Å². The molecule has 1 nitrogen and oxygen atoms in total. The van der Waals surface area contributed by atoms with E-state index in [-0.39, 0.29) is 0 Å². The molecule has 2 aromatic rings. The van der Waals surface area contributed by atoms with Gasteiger partial charge in [0.05, 0.1) is 10.2 Å². The molecule has 0 fully saturated rings. The minimum atomic E-state index is 1.07. The van der Waals surface area contributed by atoms with Crippen LogP contribution in [0.15, 0.2) is 42.5 Å². The Balaban J connectivity index is 2.22. The minimum absolute atomic E-state index is 1.07. The lowest BCUT2D eigenvalue weighted by atomic mass is 10.3. The first kappa shape index (κ1) is 10.1. The van der Waals surface area contributed by atoms with E-state index in [1.54, 1.807) is 11.3 Å². The molecule has 1 heterocycles. The molecule has 2 rings (SSSR count). The first-order chi connectivity index (χ1) is 7.40. The van der Waals surface area contributed by atoms with Crippen LogP contribution in [0, 0.1) is 0 Å². The first-order valence-corrected chi connectivity index (χ1v) is 5.90. The molecule has 0 spiro atoms. The van der Waals surface area contributed by atoms with Gasteiger partial charge in [-0.15, -0.1) is 11.3 Å². The smallest absolute Gasteiger partial charge is 0.117 e. The van der Waals surface area contributed by atoms with Crippen molar-refractivity contribution < 1.29 is 0 Å². The summed E-state index contributed by atoms with van der Waals surface area (Å²) < 4.78 is 1.25. The molecule has 0 atom stereocenters. The van der Waals surface area contributed by atoms with Crippen LogP contribution in [0.2, 0.25) is 0 Å². The third-order valence-electron chi connectivity index (χ3n) is 2.03. The number of thiazole rings is 1. The van der Waals surface area contributed by atoms with Crippen LogP contribution in [-0.4, -0.2) is 4.98 Å². The van der Waals surface area contributed by atoms with Crippen molar-refractivity contribution in [3.63, 3.8) is 0 Å². The molecule has 1 aromatic carbocycles. The average molecular weight is 215 g/mol. The van der Waals surface area contributed by atoms with Crippen molar-refractivity contribution >= 4 is 27.6 Å². The van der Waals surface area contributed by atoms with Gasteiger partial charge < -0.3 is 0 Å². The van der Waals surface area contributed by atoms with Gasteiger partial charge in [0.1, 0.15) is 5.01 Å². The predicted octanol–water partition coefficient (Wildman–Crippen LogP) is 4.28. The van der Waals surface area contributed by atoms with Crippen molar-refractivity contribution in [2.24, 2.45) is 0 Å². The molecule has 1 aromatic heterocycles. The number of benzene rings is 1. The normalized spacial score (nSPS) is 12.1. The van der Waals surface area contributed by atoms with Crippen molar-refractivity contribution in [3.8, 4) is 0 Å². The average Bonchev–Trinajstić information content (AvgIpc) is 2.67. The van der Waals surface area contributed by atoms with E-state index in [4.69, 9.17) is 0 Å². The van der Waals surface area contributed by atoms with Crippen LogP contribution >= 0.6 is 11.3 Å². The summed E-state index contributed by atoms with van der Waals surface area (Å²) in [5, 5.41) is 1.07. The van der Waals surface area contributed by atoms with Crippen LogP contribution in [0.4, 0.5) is 0 Å². The van der Waals surface area contributed by atoms with Gasteiger partial charge >= 0.3 is 0 Å². The zero-order valence-corrected chi connectivity index (χ0v) is 9.50. The second-order valence-corrected chi connectivity index (χ2v) is 4.28. The van der Waals surface area contributed by atoms with Gasteiger partial charge in [0.2, 0.25) is 0 Å². The van der Waals surface area contributed by atoms with E-state index in [2.05, 4.69) is 36.2 Å². The SMILES string of the molecule is CCC=CC=Cc1nc2ccccc2s1. The van der Waals surface area contributed by atoms with Gasteiger partial charge in [-0.25, -0.2) is 4.98 Å². The molecule has 0 amide bonds. The highest BCUT2D eigenvalue weighted by molar-refractivity contribution is 7.19. The fraction of sp³-hybridized carbons (Fsp3) is 0.154. The van der Waals surface area contributed by atoms with E-state index in [1.807, 2.05) is 24.3 Å². The quantitative estimate of drug-likeness (QED) is 0.696. The van der Waals surface area contributed by atoms with Crippen LogP contribution in [0.1, 0.15) is 18.4 Å². The number of allylic oxidation sites excluding steroid dienone is 3. The van der Waals surface area contributed by atoms with Crippen LogP contribution in [0.5, 0.6) is 0 Å². The maximum Gasteiger partial charge on any atom is 0.117 e. The molecule has 76 valence electrons. The van der Waals surface area contributed by atoms with Crippen molar-refractivity contribution in [1.82, 2.24) is 4.98 Å². The van der Waals surface area contributed by atoms with Crippen molar-refractivity contribution in [3.05, 3.63) is 47.5 Å². The monoisotopic (exact) mass is 215 g/mol. The number of fused-ring (bicyclic) bond motifs is 1. The van der Waals surface area contributed by atoms with Gasteiger partial charge in [0, 0.05) is 0 Å². The van der Waals surface area contributed by atoms with E-state index >= 15 is 0 Å². The molecular weight excluding hydrogens is 202 g/mol. The van der Waals surface area contributed by atoms with Crippen molar-refractivity contribution in [2.75, 3.05) is 0 Å². The molecule has 0 radical (unpaired) electrons. The molecule has 0 saturated carbocycles. The second kappa shape index (κ2) is 4.89. The summed E-state index contributed by atoms with van der Waals surface area (Å²) in [4.78, 5) is 4.51. The van der Waals surface area contributed by atoms with Gasteiger partial charge in [-0.3, -0.25) is 0 Å². The molecule has 15 heavy (non-hydrogen) atoms. The lowest BCUT2D eigenvalue weighted by Gasteiger charge is -1.80. The molecule has 0 saturated heterocycles. The predicted molar refractivity (Wildman–Crippen MR) is 68.1 cm³/mol. The topological polar surface area (TPSA) is 12.9 Å². The number of aromatic nitrogens is 1. The maximum atomic E-state index is 4.51. The second-order valence-electron chi connectivity index (χ2n) is 3.22. The minimum Gasteiger partial charge on any atom is -0.237 e. The Bertz CT molecular complexity index is 461. The Morgan fingerprint density at radius 1 is 1.27 bits per heavy atom. The highest BCUT2D eigenvalue weighted by Gasteiger charge is 1.97. The molecule has 0 bridgehead atoms. The molecule has 0 N–H and O–H groups in total. The van der Waals surface area contributed by atoms with Gasteiger partial charge in [0.15, 0.2) is 0 Å². The van der Waals surface area contributed by atoms with Gasteiger partial charge in [0.25, 0.3) is 0 Å². The Morgan fingerprint density at radius 2 is 2.13 bits per heavy atom. The maximum absolute atomic E-state index is 4.51. The Morgan fingerprint density at radius 3 is 2.93 bits per heavy atom. The van der Waals surface area contributed by atoms with Gasteiger partial charge in [-0.05, 0) is 24.6 Å². The Hall–Kier alpha value is -1.41. The zero-order valence-electron chi connectivity index (χ0n) is 8.68. The molecule has 2 heteroatoms. The van der Waals surface area contributed by atoms with Crippen molar-refractivity contribution in [2.45, 2.75) is 13.3 Å². The summed E-state index contributed by atoms with van der Waals surface area (Å²) in [5.74, 6) is 0. The van der Waals surface area contributed by atoms with E-state index in [1.165, 1.54) is 4.70 Å². The molecular formula is C13H13NS. The third kappa shape index (κ3) is 2.54. The fourth-order valence-corrected chi connectivity index (χ4v) is 2.19. The van der Waals surface area contributed by atoms with Crippen molar-refractivity contribution in [1.29, 1.82) is 0 Å². The standard InChI is InChI=1S/C13H13NS/c1-2-3-4-5-10-13-14-11-8-6-7-9-12(11)15-13/h3-10H,2H2,1H3. The summed E-state index contributed by atoms with van der Waals surface area (Å²) in [6, 6.07) is 8.22. The molecule has 0 aliphatic carbocycles. The van der Waals surface area contributed by atoms with Gasteiger partial charge in [-0.2, -0.15) is 0 Å². The molecule has 0 unspecified atom stereocenters. The number of para-hydroxylation sites is 1. The Labute approximate surface area is 93.8 Å². The first-order valence-electron chi connectivity index (χ1n) is 5.09. The molecule has 0 aliphatic heterocycles. The lowest BCUT2D eigenvalue weighted by molar-refractivity contribution is 1.22. The van der Waals surface area contributed by atoms with E-state index in [0.717, 1.165) is 16.9 Å². The number of nitrogens with zero attached hydrogens (tertiary/aromatic N) is 1. The van der Waals surface area contributed by atoms with E-state index < -0.39 is 0 Å². The number of hydrogen-bond acceptors (Lipinski definition) is 2. The highest BCUT2D eigenvalue weighted by atomic mass is 32.1. The fourth-order valence-electron chi connectivity index (χ4n) is 1.31. The van der Waals surface area contributed by atoms with E-state index in [0.29, 0.717) is 0 Å². The van der Waals surface area contributed by atoms with Crippen LogP contribution < -0.4 is 0 Å². The lowest BCUT2D eigenvalue weighted by Crippen LogP contribution is -1.67. The zero-order chi connectivity index (χ0) is 10.5. The summed E-state index contributed by atoms with van der Waals surface area (Å²) in [6.07, 6.45) is 9.36. The Kier molecular flexibility index (Phi) is 3.30. The summed E-state index contributed by atoms with van der Waals surface area (Å²) in [7, 11) is 0. The largest absolute Gasteiger partial charge is 0.237 e. The van der Waals surface area contributed by atoms with Crippen LogP contribution in [0.25, 0.3) is 16.3 Å². The number of hydrogen-bond donors (Lipinski definition) is 0. The summed E-state index contributed by atoms with van der Waals surface area (Å²) in [5.41, 5.74) is 1.08. The highest BCUT2D eigenvalue weighted by Crippen LogP contribution is 2.22. The third-order valence-corrected chi connectivity index (χ3v) is 3.03.